The number of anilines is 2. The molecule has 0 saturated carbocycles. The summed E-state index contributed by atoms with van der Waals surface area (Å²) in [5.74, 6) is 0.698. The Hall–Kier alpha value is -2.19. The van der Waals surface area contributed by atoms with Crippen molar-refractivity contribution in [2.45, 2.75) is 39.8 Å². The largest absolute Gasteiger partial charge is 0.394 e. The number of aliphatic hydroxyl groups excluding tert-OH is 1. The van der Waals surface area contributed by atoms with E-state index < -0.39 is 0 Å². The van der Waals surface area contributed by atoms with Crippen molar-refractivity contribution in [2.24, 2.45) is 5.92 Å². The molecule has 0 radical (unpaired) electrons. The molecule has 146 valence electrons. The molecular weight excluding hydrogens is 408 g/mol. The van der Waals surface area contributed by atoms with E-state index in [9.17, 15) is 5.11 Å². The minimum absolute atomic E-state index is 0.00983. The predicted octanol–water partition coefficient (Wildman–Crippen LogP) is 3.40. The van der Waals surface area contributed by atoms with E-state index in [0.717, 1.165) is 16.5 Å². The molecule has 1 heterocycles. The van der Waals surface area contributed by atoms with Gasteiger partial charge in [0.15, 0.2) is 5.49 Å². The van der Waals surface area contributed by atoms with E-state index in [2.05, 4.69) is 31.7 Å². The first-order valence-corrected chi connectivity index (χ1v) is 9.78. The number of hydrogen-bond donors (Lipinski definition) is 5. The predicted molar refractivity (Wildman–Crippen MR) is 112 cm³/mol. The topological polar surface area (TPSA) is 110 Å². The van der Waals surface area contributed by atoms with Crippen LogP contribution in [-0.2, 0) is 6.54 Å². The summed E-state index contributed by atoms with van der Waals surface area (Å²) in [5, 5.41) is 37.0. The van der Waals surface area contributed by atoms with E-state index in [1.54, 1.807) is 6.07 Å². The fourth-order valence-corrected chi connectivity index (χ4v) is 2.68. The monoisotopic (exact) mass is 434 g/mol. The lowest BCUT2D eigenvalue weighted by Crippen LogP contribution is -2.35. The summed E-state index contributed by atoms with van der Waals surface area (Å²) in [5.41, 5.74) is 1.79. The van der Waals surface area contributed by atoms with Crippen molar-refractivity contribution in [1.82, 2.24) is 9.78 Å². The molecule has 0 aliphatic carbocycles. The van der Waals surface area contributed by atoms with Crippen molar-refractivity contribution in [2.75, 3.05) is 17.2 Å². The maximum atomic E-state index is 9.46. The molecule has 0 aliphatic rings. The maximum absolute atomic E-state index is 9.46. The molecule has 27 heavy (non-hydrogen) atoms. The van der Waals surface area contributed by atoms with Crippen LogP contribution >= 0.6 is 15.9 Å². The molecule has 1 aromatic heterocycles. The summed E-state index contributed by atoms with van der Waals surface area (Å²) in [6.45, 7) is 6.31. The van der Waals surface area contributed by atoms with Gasteiger partial charge >= 0.3 is 0 Å². The molecule has 0 spiro atoms. The van der Waals surface area contributed by atoms with Crippen LogP contribution < -0.4 is 16.1 Å². The molecule has 0 fully saturated rings. The first kappa shape index (κ1) is 21.1. The van der Waals surface area contributed by atoms with Gasteiger partial charge in [0.2, 0.25) is 0 Å². The smallest absolute Gasteiger partial charge is 0.171 e. The molecule has 0 bridgehead atoms. The summed E-state index contributed by atoms with van der Waals surface area (Å²) >= 11 is 3.42. The van der Waals surface area contributed by atoms with E-state index in [1.807, 2.05) is 45.0 Å². The van der Waals surface area contributed by atoms with Crippen molar-refractivity contribution in [3.05, 3.63) is 45.9 Å². The Labute approximate surface area is 168 Å². The second-order valence-electron chi connectivity index (χ2n) is 6.66. The van der Waals surface area contributed by atoms with Crippen LogP contribution in [0.2, 0.25) is 0 Å². The van der Waals surface area contributed by atoms with Gasteiger partial charge < -0.3 is 15.7 Å². The van der Waals surface area contributed by atoms with Gasteiger partial charge in [-0.3, -0.25) is 10.8 Å². The van der Waals surface area contributed by atoms with E-state index in [4.69, 9.17) is 10.8 Å². The van der Waals surface area contributed by atoms with Crippen molar-refractivity contribution in [1.29, 1.82) is 10.8 Å². The molecular formula is C19H27BrN6O. The van der Waals surface area contributed by atoms with Crippen LogP contribution in [0.25, 0.3) is 0 Å². The number of nitrogens with one attached hydrogen (secondary N) is 4. The lowest BCUT2D eigenvalue weighted by atomic mass is 10.2. The molecule has 0 unspecified atom stereocenters. The number of aromatic nitrogens is 2. The Balaban J connectivity index is 2.35. The van der Waals surface area contributed by atoms with E-state index in [-0.39, 0.29) is 29.9 Å². The molecule has 1 aromatic carbocycles. The van der Waals surface area contributed by atoms with Crippen LogP contribution in [-0.4, -0.2) is 33.4 Å². The molecule has 0 amide bonds. The number of nitrogens with zero attached hydrogens (tertiary/aromatic N) is 2. The minimum Gasteiger partial charge on any atom is -0.394 e. The van der Waals surface area contributed by atoms with Crippen LogP contribution in [0.4, 0.5) is 11.5 Å². The number of halogens is 1. The zero-order valence-corrected chi connectivity index (χ0v) is 17.5. The Kier molecular flexibility index (Phi) is 7.55. The summed E-state index contributed by atoms with van der Waals surface area (Å²) in [7, 11) is 0. The fourth-order valence-electron chi connectivity index (χ4n) is 2.42. The van der Waals surface area contributed by atoms with Crippen molar-refractivity contribution in [3.8, 4) is 0 Å². The average Bonchev–Trinajstić information content (AvgIpc) is 2.66. The SMILES string of the molecule is CC[C@@H](CO)Nc1cc(NCc2ccc(Br)cc2)c(=N)n(C(=N)C(C)C)n1. The third-order valence-electron chi connectivity index (χ3n) is 4.19. The van der Waals surface area contributed by atoms with Gasteiger partial charge in [0, 0.05) is 23.0 Å². The lowest BCUT2D eigenvalue weighted by molar-refractivity contribution is 0.271. The zero-order chi connectivity index (χ0) is 20.0. The highest BCUT2D eigenvalue weighted by atomic mass is 79.9. The standard InChI is InChI=1S/C19H27BrN6O/c1-4-15(11-27)24-17-9-16(19(22)26(25-17)18(21)12(2)3)23-10-13-5-7-14(20)8-6-13/h5-9,12,15,21-23,27H,4,10-11H2,1-3H3,(H,24,25)/t15-/m0/s1. The third-order valence-corrected chi connectivity index (χ3v) is 4.72. The van der Waals surface area contributed by atoms with Gasteiger partial charge in [0.25, 0.3) is 0 Å². The first-order valence-electron chi connectivity index (χ1n) is 8.99. The quantitative estimate of drug-likeness (QED) is 0.323. The van der Waals surface area contributed by atoms with E-state index in [1.165, 1.54) is 4.68 Å². The lowest BCUT2D eigenvalue weighted by Gasteiger charge is -2.19. The third kappa shape index (κ3) is 5.64. The normalized spacial score (nSPS) is 12.1. The van der Waals surface area contributed by atoms with Crippen molar-refractivity contribution in [3.63, 3.8) is 0 Å². The molecule has 0 aliphatic heterocycles. The summed E-state index contributed by atoms with van der Waals surface area (Å²) in [4.78, 5) is 0. The van der Waals surface area contributed by atoms with Gasteiger partial charge in [-0.15, -0.1) is 5.10 Å². The van der Waals surface area contributed by atoms with Gasteiger partial charge in [0.1, 0.15) is 11.7 Å². The Morgan fingerprint density at radius 1 is 1.30 bits per heavy atom. The van der Waals surface area contributed by atoms with Gasteiger partial charge in [0.05, 0.1) is 18.3 Å². The number of aliphatic hydroxyl groups is 1. The first-order chi connectivity index (χ1) is 12.8. The second-order valence-corrected chi connectivity index (χ2v) is 7.57. The zero-order valence-electron chi connectivity index (χ0n) is 15.9. The Bertz CT molecular complexity index is 827. The number of rotatable bonds is 8. The number of benzene rings is 1. The van der Waals surface area contributed by atoms with Crippen LogP contribution in [0, 0.1) is 16.7 Å². The highest BCUT2D eigenvalue weighted by Crippen LogP contribution is 2.14. The van der Waals surface area contributed by atoms with Gasteiger partial charge in [-0.1, -0.05) is 48.8 Å². The Morgan fingerprint density at radius 2 is 1.96 bits per heavy atom. The molecule has 2 aromatic rings. The van der Waals surface area contributed by atoms with E-state index in [0.29, 0.717) is 18.1 Å². The van der Waals surface area contributed by atoms with E-state index >= 15 is 0 Å². The summed E-state index contributed by atoms with van der Waals surface area (Å²) in [6, 6.07) is 9.58. The highest BCUT2D eigenvalue weighted by molar-refractivity contribution is 9.10. The summed E-state index contributed by atoms with van der Waals surface area (Å²) < 4.78 is 2.35. The van der Waals surface area contributed by atoms with Gasteiger partial charge in [-0.2, -0.15) is 4.68 Å². The fraction of sp³-hybridized carbons (Fsp3) is 0.421. The number of hydrogen-bond acceptors (Lipinski definition) is 6. The van der Waals surface area contributed by atoms with Crippen LogP contribution in [0.15, 0.2) is 34.8 Å². The molecule has 5 N–H and O–H groups in total. The minimum atomic E-state index is -0.130. The van der Waals surface area contributed by atoms with Crippen LogP contribution in [0.1, 0.15) is 32.8 Å². The van der Waals surface area contributed by atoms with Crippen LogP contribution in [0.5, 0.6) is 0 Å². The van der Waals surface area contributed by atoms with Gasteiger partial charge in [-0.25, -0.2) is 0 Å². The molecule has 1 atom stereocenters. The Morgan fingerprint density at radius 3 is 2.52 bits per heavy atom. The van der Waals surface area contributed by atoms with Crippen molar-refractivity contribution >= 4 is 33.3 Å². The molecule has 0 saturated heterocycles. The molecule has 8 heteroatoms. The maximum Gasteiger partial charge on any atom is 0.171 e. The molecule has 7 nitrogen and oxygen atoms in total. The van der Waals surface area contributed by atoms with Crippen LogP contribution in [0.3, 0.4) is 0 Å². The van der Waals surface area contributed by atoms with Gasteiger partial charge in [-0.05, 0) is 24.1 Å². The highest BCUT2D eigenvalue weighted by Gasteiger charge is 2.14. The average molecular weight is 435 g/mol. The molecule has 2 rings (SSSR count). The summed E-state index contributed by atoms with van der Waals surface area (Å²) in [6.07, 6.45) is 0.740. The van der Waals surface area contributed by atoms with Crippen molar-refractivity contribution < 1.29 is 5.11 Å². The second kappa shape index (κ2) is 9.66.